The molecule has 0 aromatic heterocycles. The van der Waals surface area contributed by atoms with Crippen LogP contribution in [0.25, 0.3) is 0 Å². The van der Waals surface area contributed by atoms with Gasteiger partial charge in [-0.15, -0.1) is 0 Å². The maximum Gasteiger partial charge on any atom is 0.295 e. The van der Waals surface area contributed by atoms with Crippen molar-refractivity contribution in [3.8, 4) is 17.2 Å². The molecule has 0 bridgehead atoms. The molecule has 0 spiro atoms. The third-order valence-electron chi connectivity index (χ3n) is 2.71. The number of nitrogens with one attached hydrogen (secondary N) is 1. The molecule has 1 N–H and O–H groups in total. The number of ether oxygens (including phenoxy) is 3. The average molecular weight is 310 g/mol. The molecular weight excluding hydrogens is 286 g/mol. The number of nitrogens with zero attached hydrogens (tertiary/aromatic N) is 2. The van der Waals surface area contributed by atoms with Crippen molar-refractivity contribution in [2.45, 2.75) is 0 Å². The zero-order valence-electron chi connectivity index (χ0n) is 14.0. The van der Waals surface area contributed by atoms with E-state index in [0.29, 0.717) is 28.3 Å². The molecule has 122 valence electrons. The van der Waals surface area contributed by atoms with Crippen molar-refractivity contribution in [1.29, 1.82) is 0 Å². The molecule has 7 nitrogen and oxygen atoms in total. The number of amides is 1. The van der Waals surface area contributed by atoms with Crippen molar-refractivity contribution in [1.82, 2.24) is 5.43 Å². The Hall–Kier alpha value is -2.28. The number of hydrazone groups is 1. The van der Waals surface area contributed by atoms with Crippen molar-refractivity contribution in [3.05, 3.63) is 17.7 Å². The second kappa shape index (κ2) is 7.65. The number of hydrogen-bond donors (Lipinski definition) is 1. The summed E-state index contributed by atoms with van der Waals surface area (Å²) in [6.45, 7) is 0.340. The fourth-order valence-corrected chi connectivity index (χ4v) is 1.82. The summed E-state index contributed by atoms with van der Waals surface area (Å²) < 4.78 is 16.3. The van der Waals surface area contributed by atoms with Crippen LogP contribution in [0.3, 0.4) is 0 Å². The fraction of sp³-hybridized carbons (Fsp3) is 0.467. The Labute approximate surface area is 131 Å². The summed E-state index contributed by atoms with van der Waals surface area (Å²) in [5, 5.41) is 3.95. The van der Waals surface area contributed by atoms with Gasteiger partial charge < -0.3 is 18.7 Å². The second-order valence-electron chi connectivity index (χ2n) is 5.70. The molecule has 1 rings (SSSR count). The monoisotopic (exact) mass is 310 g/mol. The Balaban J connectivity index is 2.85. The van der Waals surface area contributed by atoms with E-state index in [1.54, 1.807) is 33.5 Å². The Morgan fingerprint density at radius 2 is 1.68 bits per heavy atom. The van der Waals surface area contributed by atoms with Gasteiger partial charge >= 0.3 is 0 Å². The number of quaternary nitrogens is 1. The Bertz CT molecular complexity index is 525. The van der Waals surface area contributed by atoms with Crippen LogP contribution in [0.2, 0.25) is 0 Å². The predicted molar refractivity (Wildman–Crippen MR) is 84.7 cm³/mol. The lowest BCUT2D eigenvalue weighted by Crippen LogP contribution is -2.43. The smallest absolute Gasteiger partial charge is 0.295 e. The van der Waals surface area contributed by atoms with Gasteiger partial charge in [0.15, 0.2) is 18.0 Å². The Kier molecular flexibility index (Phi) is 6.18. The summed E-state index contributed by atoms with van der Waals surface area (Å²) in [4.78, 5) is 11.7. The van der Waals surface area contributed by atoms with Crippen LogP contribution >= 0.6 is 0 Å². The Morgan fingerprint density at radius 3 is 2.09 bits per heavy atom. The van der Waals surface area contributed by atoms with Crippen LogP contribution in [0, 0.1) is 0 Å². The summed E-state index contributed by atoms with van der Waals surface area (Å²) in [6, 6.07) is 3.49. The van der Waals surface area contributed by atoms with Crippen molar-refractivity contribution >= 4 is 12.1 Å². The third-order valence-corrected chi connectivity index (χ3v) is 2.71. The largest absolute Gasteiger partial charge is 0.493 e. The zero-order valence-corrected chi connectivity index (χ0v) is 14.0. The zero-order chi connectivity index (χ0) is 16.8. The molecule has 0 aliphatic rings. The van der Waals surface area contributed by atoms with E-state index >= 15 is 0 Å². The molecule has 0 heterocycles. The van der Waals surface area contributed by atoms with E-state index in [0.717, 1.165) is 5.56 Å². The van der Waals surface area contributed by atoms with Gasteiger partial charge in [0.05, 0.1) is 48.7 Å². The molecule has 1 amide bonds. The minimum absolute atomic E-state index is 0.156. The molecule has 0 saturated heterocycles. The standard InChI is InChI=1S/C15H23N3O4/c1-18(2,3)10-14(19)17-16-9-11-7-12(20-4)15(22-6)13(8-11)21-5/h7-9H,10H2,1-6H3/p+1/b16-9-. The number of rotatable bonds is 7. The molecule has 0 aliphatic heterocycles. The number of benzene rings is 1. The third kappa shape index (κ3) is 5.25. The van der Waals surface area contributed by atoms with E-state index in [1.807, 2.05) is 21.1 Å². The molecule has 0 atom stereocenters. The highest BCUT2D eigenvalue weighted by Crippen LogP contribution is 2.37. The van der Waals surface area contributed by atoms with Crippen LogP contribution in [0.15, 0.2) is 17.2 Å². The van der Waals surface area contributed by atoms with Crippen LogP contribution < -0.4 is 19.6 Å². The molecule has 0 fully saturated rings. The van der Waals surface area contributed by atoms with E-state index in [2.05, 4.69) is 10.5 Å². The summed E-state index contributed by atoms with van der Waals surface area (Å²) in [5.74, 6) is 1.41. The van der Waals surface area contributed by atoms with Gasteiger partial charge in [-0.05, 0) is 12.1 Å². The first kappa shape index (κ1) is 17.8. The molecule has 0 unspecified atom stereocenters. The minimum atomic E-state index is -0.156. The molecule has 7 heteroatoms. The summed E-state index contributed by atoms with van der Waals surface area (Å²) in [7, 11) is 10.4. The van der Waals surface area contributed by atoms with Crippen molar-refractivity contribution in [3.63, 3.8) is 0 Å². The number of carbonyl (C=O) groups excluding carboxylic acids is 1. The van der Waals surface area contributed by atoms with E-state index in [-0.39, 0.29) is 5.91 Å². The van der Waals surface area contributed by atoms with Crippen LogP contribution in [0.5, 0.6) is 17.2 Å². The lowest BCUT2D eigenvalue weighted by Gasteiger charge is -2.22. The number of likely N-dealkylation sites (N-methyl/N-ethyl adjacent to an activating group) is 1. The van der Waals surface area contributed by atoms with E-state index in [1.165, 1.54) is 6.21 Å². The topological polar surface area (TPSA) is 69.2 Å². The number of methoxy groups -OCH3 is 3. The van der Waals surface area contributed by atoms with Crippen molar-refractivity contribution in [2.75, 3.05) is 49.0 Å². The number of hydrogen-bond acceptors (Lipinski definition) is 5. The van der Waals surface area contributed by atoms with Crippen molar-refractivity contribution in [2.24, 2.45) is 5.10 Å². The van der Waals surface area contributed by atoms with Crippen molar-refractivity contribution < 1.29 is 23.5 Å². The molecular formula is C15H24N3O4+. The average Bonchev–Trinajstić information content (AvgIpc) is 2.44. The molecule has 1 aromatic rings. The molecule has 0 aliphatic carbocycles. The van der Waals surface area contributed by atoms with Crippen LogP contribution in [0.1, 0.15) is 5.56 Å². The highest BCUT2D eigenvalue weighted by molar-refractivity contribution is 5.84. The normalized spacial score (nSPS) is 11.4. The van der Waals surface area contributed by atoms with Crippen LogP contribution in [0.4, 0.5) is 0 Å². The quantitative estimate of drug-likeness (QED) is 0.461. The van der Waals surface area contributed by atoms with Gasteiger partial charge in [0.2, 0.25) is 5.75 Å². The molecule has 0 saturated carbocycles. The lowest BCUT2D eigenvalue weighted by molar-refractivity contribution is -0.862. The van der Waals surface area contributed by atoms with Gasteiger partial charge in [-0.3, -0.25) is 4.79 Å². The summed E-state index contributed by atoms with van der Waals surface area (Å²) in [5.41, 5.74) is 3.22. The SMILES string of the molecule is COc1cc(/C=N\NC(=O)C[N+](C)(C)C)cc(OC)c1OC. The number of carbonyl (C=O) groups is 1. The van der Waals surface area contributed by atoms with E-state index in [9.17, 15) is 4.79 Å². The Morgan fingerprint density at radius 1 is 1.14 bits per heavy atom. The first-order valence-corrected chi connectivity index (χ1v) is 6.73. The van der Waals surface area contributed by atoms with Crippen LogP contribution in [-0.2, 0) is 4.79 Å². The maximum absolute atomic E-state index is 11.7. The predicted octanol–water partition coefficient (Wildman–Crippen LogP) is 0.869. The second-order valence-corrected chi connectivity index (χ2v) is 5.70. The maximum atomic E-state index is 11.7. The van der Waals surface area contributed by atoms with Gasteiger partial charge in [0, 0.05) is 5.56 Å². The molecule has 1 aromatic carbocycles. The van der Waals surface area contributed by atoms with Gasteiger partial charge in [-0.2, -0.15) is 5.10 Å². The molecule has 22 heavy (non-hydrogen) atoms. The first-order chi connectivity index (χ1) is 10.3. The van der Waals surface area contributed by atoms with Gasteiger partial charge in [-0.1, -0.05) is 0 Å². The highest BCUT2D eigenvalue weighted by Gasteiger charge is 2.14. The van der Waals surface area contributed by atoms with Gasteiger partial charge in [0.25, 0.3) is 5.91 Å². The van der Waals surface area contributed by atoms with E-state index in [4.69, 9.17) is 14.2 Å². The van der Waals surface area contributed by atoms with Gasteiger partial charge in [0.1, 0.15) is 0 Å². The fourth-order valence-electron chi connectivity index (χ4n) is 1.82. The van der Waals surface area contributed by atoms with Crippen LogP contribution in [-0.4, -0.2) is 65.6 Å². The lowest BCUT2D eigenvalue weighted by atomic mass is 10.2. The summed E-state index contributed by atoms with van der Waals surface area (Å²) in [6.07, 6.45) is 1.53. The van der Waals surface area contributed by atoms with Gasteiger partial charge in [-0.25, -0.2) is 5.43 Å². The highest BCUT2D eigenvalue weighted by atomic mass is 16.5. The molecule has 0 radical (unpaired) electrons. The first-order valence-electron chi connectivity index (χ1n) is 6.73. The van der Waals surface area contributed by atoms with E-state index < -0.39 is 0 Å². The summed E-state index contributed by atoms with van der Waals surface area (Å²) >= 11 is 0. The minimum Gasteiger partial charge on any atom is -0.493 e.